The molecule has 0 aliphatic heterocycles. The Balaban J connectivity index is 2.01. The highest BCUT2D eigenvalue weighted by molar-refractivity contribution is 5.68. The Morgan fingerprint density at radius 3 is 2.75 bits per heavy atom. The van der Waals surface area contributed by atoms with Gasteiger partial charge in [-0.05, 0) is 18.6 Å². The van der Waals surface area contributed by atoms with Gasteiger partial charge in [-0.1, -0.05) is 30.3 Å². The Labute approximate surface area is 116 Å². The van der Waals surface area contributed by atoms with E-state index >= 15 is 0 Å². The molecule has 2 heterocycles. The average Bonchev–Trinajstić information content (AvgIpc) is 2.98. The number of nitrogens with zero attached hydrogens (tertiary/aromatic N) is 3. The molecule has 5 heteroatoms. The maximum atomic E-state index is 9.81. The molecule has 2 aromatic heterocycles. The molecule has 0 saturated carbocycles. The minimum Gasteiger partial charge on any atom is -0.394 e. The number of anilines is 1. The van der Waals surface area contributed by atoms with Crippen LogP contribution in [-0.4, -0.2) is 26.3 Å². The summed E-state index contributed by atoms with van der Waals surface area (Å²) >= 11 is 0. The zero-order valence-corrected chi connectivity index (χ0v) is 11.2. The molecule has 0 radical (unpaired) electrons. The van der Waals surface area contributed by atoms with Crippen LogP contribution < -0.4 is 5.32 Å². The van der Waals surface area contributed by atoms with E-state index in [0.29, 0.717) is 5.82 Å². The molecule has 1 atom stereocenters. The summed E-state index contributed by atoms with van der Waals surface area (Å²) in [5.41, 5.74) is 1.29. The van der Waals surface area contributed by atoms with Crippen LogP contribution in [-0.2, 0) is 5.54 Å². The van der Waals surface area contributed by atoms with Crippen LogP contribution in [0.25, 0.3) is 5.52 Å². The topological polar surface area (TPSA) is 62.5 Å². The molecule has 0 bridgehead atoms. The van der Waals surface area contributed by atoms with Crippen LogP contribution >= 0.6 is 0 Å². The maximum Gasteiger partial charge on any atom is 0.152 e. The third-order valence-electron chi connectivity index (χ3n) is 3.45. The van der Waals surface area contributed by atoms with Crippen molar-refractivity contribution in [1.82, 2.24) is 14.6 Å². The molecule has 20 heavy (non-hydrogen) atoms. The molecule has 5 nitrogen and oxygen atoms in total. The number of hydrogen-bond donors (Lipinski definition) is 2. The van der Waals surface area contributed by atoms with E-state index in [1.807, 2.05) is 43.3 Å². The second kappa shape index (κ2) is 4.94. The molecule has 3 aromatic rings. The van der Waals surface area contributed by atoms with E-state index in [9.17, 15) is 5.11 Å². The molecule has 0 fully saturated rings. The normalized spacial score (nSPS) is 14.1. The number of hydrogen-bond acceptors (Lipinski definition) is 4. The first kappa shape index (κ1) is 12.6. The number of nitrogens with one attached hydrogen (secondary N) is 1. The molecule has 102 valence electrons. The van der Waals surface area contributed by atoms with Gasteiger partial charge in [0.2, 0.25) is 0 Å². The van der Waals surface area contributed by atoms with Crippen molar-refractivity contribution in [3.63, 3.8) is 0 Å². The van der Waals surface area contributed by atoms with Gasteiger partial charge in [0.1, 0.15) is 5.52 Å². The lowest BCUT2D eigenvalue weighted by Gasteiger charge is -2.30. The fraction of sp³-hybridized carbons (Fsp3) is 0.200. The first-order valence-corrected chi connectivity index (χ1v) is 6.46. The molecular weight excluding hydrogens is 252 g/mol. The van der Waals surface area contributed by atoms with Crippen molar-refractivity contribution in [2.45, 2.75) is 12.5 Å². The summed E-state index contributed by atoms with van der Waals surface area (Å²) < 4.78 is 1.75. The van der Waals surface area contributed by atoms with Gasteiger partial charge in [0.05, 0.1) is 18.3 Å². The van der Waals surface area contributed by atoms with Crippen LogP contribution in [0.5, 0.6) is 0 Å². The lowest BCUT2D eigenvalue weighted by Crippen LogP contribution is -2.36. The number of benzene rings is 1. The number of fused-ring (bicyclic) bond motifs is 1. The summed E-state index contributed by atoms with van der Waals surface area (Å²) in [6, 6.07) is 11.7. The SMILES string of the molecule is CC(CO)(Nc1nccn2nccc12)c1ccccc1. The number of rotatable bonds is 4. The average molecular weight is 268 g/mol. The van der Waals surface area contributed by atoms with Crippen LogP contribution in [0.4, 0.5) is 5.82 Å². The van der Waals surface area contributed by atoms with Crippen molar-refractivity contribution in [2.24, 2.45) is 0 Å². The van der Waals surface area contributed by atoms with Crippen LogP contribution in [0.3, 0.4) is 0 Å². The summed E-state index contributed by atoms with van der Waals surface area (Å²) in [7, 11) is 0. The largest absolute Gasteiger partial charge is 0.394 e. The van der Waals surface area contributed by atoms with Crippen LogP contribution in [0.2, 0.25) is 0 Å². The zero-order chi connectivity index (χ0) is 14.0. The Morgan fingerprint density at radius 1 is 1.20 bits per heavy atom. The smallest absolute Gasteiger partial charge is 0.152 e. The van der Waals surface area contributed by atoms with Crippen molar-refractivity contribution >= 4 is 11.3 Å². The predicted molar refractivity (Wildman–Crippen MR) is 77.5 cm³/mol. The molecule has 3 rings (SSSR count). The summed E-state index contributed by atoms with van der Waals surface area (Å²) in [5, 5.41) is 17.3. The second-order valence-electron chi connectivity index (χ2n) is 4.92. The number of aromatic nitrogens is 3. The zero-order valence-electron chi connectivity index (χ0n) is 11.2. The highest BCUT2D eigenvalue weighted by Crippen LogP contribution is 2.26. The summed E-state index contributed by atoms with van der Waals surface area (Å²) in [6.07, 6.45) is 5.20. The standard InChI is InChI=1S/C15H16N4O/c1-15(11-20,12-5-3-2-4-6-12)18-14-13-7-8-17-19(13)10-9-16-14/h2-10,20H,11H2,1H3,(H,16,18). The first-order valence-electron chi connectivity index (χ1n) is 6.46. The third kappa shape index (κ3) is 2.12. The van der Waals surface area contributed by atoms with Crippen molar-refractivity contribution in [3.8, 4) is 0 Å². The van der Waals surface area contributed by atoms with Gasteiger partial charge in [0, 0.05) is 12.4 Å². The van der Waals surface area contributed by atoms with E-state index in [1.165, 1.54) is 0 Å². The lowest BCUT2D eigenvalue weighted by molar-refractivity contribution is 0.224. The Morgan fingerprint density at radius 2 is 2.00 bits per heavy atom. The fourth-order valence-electron chi connectivity index (χ4n) is 2.22. The number of aliphatic hydroxyl groups excluding tert-OH is 1. The van der Waals surface area contributed by atoms with Crippen molar-refractivity contribution in [1.29, 1.82) is 0 Å². The highest BCUT2D eigenvalue weighted by atomic mass is 16.3. The molecule has 1 aromatic carbocycles. The van der Waals surface area contributed by atoms with Gasteiger partial charge in [-0.3, -0.25) is 0 Å². The quantitative estimate of drug-likeness (QED) is 0.760. The second-order valence-corrected chi connectivity index (χ2v) is 4.92. The third-order valence-corrected chi connectivity index (χ3v) is 3.45. The predicted octanol–water partition coefficient (Wildman–Crippen LogP) is 2.05. The molecule has 0 amide bonds. The minimum absolute atomic E-state index is 0.0338. The fourth-order valence-corrected chi connectivity index (χ4v) is 2.22. The Hall–Kier alpha value is -2.40. The van der Waals surface area contributed by atoms with Crippen LogP contribution in [0.1, 0.15) is 12.5 Å². The van der Waals surface area contributed by atoms with Gasteiger partial charge in [-0.15, -0.1) is 0 Å². The Bertz CT molecular complexity index is 710. The molecule has 1 unspecified atom stereocenters. The van der Waals surface area contributed by atoms with E-state index in [4.69, 9.17) is 0 Å². The van der Waals surface area contributed by atoms with Crippen molar-refractivity contribution in [2.75, 3.05) is 11.9 Å². The van der Waals surface area contributed by atoms with E-state index < -0.39 is 5.54 Å². The molecule has 2 N–H and O–H groups in total. The number of aliphatic hydroxyl groups is 1. The summed E-state index contributed by atoms with van der Waals surface area (Å²) in [6.45, 7) is 1.91. The minimum atomic E-state index is -0.597. The van der Waals surface area contributed by atoms with Crippen molar-refractivity contribution in [3.05, 3.63) is 60.6 Å². The van der Waals surface area contributed by atoms with E-state index in [-0.39, 0.29) is 6.61 Å². The molecule has 0 aliphatic carbocycles. The van der Waals surface area contributed by atoms with E-state index in [1.54, 1.807) is 23.1 Å². The Kier molecular flexibility index (Phi) is 3.12. The maximum absolute atomic E-state index is 9.81. The summed E-state index contributed by atoms with van der Waals surface area (Å²) in [5.74, 6) is 0.699. The monoisotopic (exact) mass is 268 g/mol. The van der Waals surface area contributed by atoms with Crippen LogP contribution in [0.15, 0.2) is 55.0 Å². The van der Waals surface area contributed by atoms with Gasteiger partial charge in [0.25, 0.3) is 0 Å². The van der Waals surface area contributed by atoms with Gasteiger partial charge < -0.3 is 10.4 Å². The van der Waals surface area contributed by atoms with E-state index in [0.717, 1.165) is 11.1 Å². The molecule has 0 spiro atoms. The molecule has 0 aliphatic rings. The lowest BCUT2D eigenvalue weighted by atomic mass is 9.93. The first-order chi connectivity index (χ1) is 9.73. The highest BCUT2D eigenvalue weighted by Gasteiger charge is 2.26. The van der Waals surface area contributed by atoms with Crippen molar-refractivity contribution < 1.29 is 5.11 Å². The van der Waals surface area contributed by atoms with E-state index in [2.05, 4.69) is 15.4 Å². The van der Waals surface area contributed by atoms with Gasteiger partial charge in [-0.2, -0.15) is 5.10 Å². The summed E-state index contributed by atoms with van der Waals surface area (Å²) in [4.78, 5) is 4.35. The van der Waals surface area contributed by atoms with Gasteiger partial charge >= 0.3 is 0 Å². The van der Waals surface area contributed by atoms with Crippen LogP contribution in [0, 0.1) is 0 Å². The van der Waals surface area contributed by atoms with Gasteiger partial charge in [0.15, 0.2) is 5.82 Å². The molecular formula is C15H16N4O. The molecule has 0 saturated heterocycles. The van der Waals surface area contributed by atoms with Gasteiger partial charge in [-0.25, -0.2) is 9.50 Å².